The maximum atomic E-state index is 14.4. The van der Waals surface area contributed by atoms with Crippen molar-refractivity contribution in [2.45, 2.75) is 45.2 Å². The largest absolute Gasteiger partial charge is 0.338 e. The predicted octanol–water partition coefficient (Wildman–Crippen LogP) is 4.24. The number of thiazole rings is 1. The molecule has 1 aromatic carbocycles. The predicted molar refractivity (Wildman–Crippen MR) is 131 cm³/mol. The van der Waals surface area contributed by atoms with Crippen molar-refractivity contribution in [3.05, 3.63) is 70.5 Å². The molecule has 0 saturated carbocycles. The van der Waals surface area contributed by atoms with Crippen LogP contribution >= 0.6 is 11.3 Å². The lowest BCUT2D eigenvalue weighted by Crippen LogP contribution is -2.36. The third-order valence-electron chi connectivity index (χ3n) is 6.21. The molecular weight excluding hydrogens is 453 g/mol. The smallest absolute Gasteiger partial charge is 0.281 e. The molecule has 1 aliphatic rings. The van der Waals surface area contributed by atoms with Crippen LogP contribution in [0.5, 0.6) is 0 Å². The van der Waals surface area contributed by atoms with Crippen molar-refractivity contribution in [1.29, 1.82) is 0 Å². The summed E-state index contributed by atoms with van der Waals surface area (Å²) in [6.07, 6.45) is 5.40. The van der Waals surface area contributed by atoms with Gasteiger partial charge in [-0.25, -0.2) is 14.4 Å². The van der Waals surface area contributed by atoms with Gasteiger partial charge in [-0.15, -0.1) is 0 Å². The molecule has 4 aromatic rings. The summed E-state index contributed by atoms with van der Waals surface area (Å²) in [4.78, 5) is 41.7. The number of carbonyl (C=O) groups is 1. The van der Waals surface area contributed by atoms with Crippen molar-refractivity contribution in [1.82, 2.24) is 19.5 Å². The van der Waals surface area contributed by atoms with Crippen molar-refractivity contribution in [3.63, 3.8) is 0 Å². The van der Waals surface area contributed by atoms with Crippen LogP contribution in [0.1, 0.15) is 31.7 Å². The first-order chi connectivity index (χ1) is 16.6. The lowest BCUT2D eigenvalue weighted by atomic mass is 10.0. The number of hydrogen-bond donors (Lipinski definition) is 0. The molecule has 1 fully saturated rings. The van der Waals surface area contributed by atoms with Gasteiger partial charge in [-0.05, 0) is 37.8 Å². The number of pyridine rings is 1. The molecule has 4 heterocycles. The average molecular weight is 478 g/mol. The summed E-state index contributed by atoms with van der Waals surface area (Å²) in [7, 11) is 0. The number of carbonyl (C=O) groups excluding carboxylic acids is 1. The summed E-state index contributed by atoms with van der Waals surface area (Å²) in [5.41, 5.74) is 1.30. The van der Waals surface area contributed by atoms with Crippen LogP contribution in [0.25, 0.3) is 21.7 Å². The quantitative estimate of drug-likeness (QED) is 0.396. The number of benzene rings is 1. The number of Topliss-reactive ketones (excluding diaryl/α,β-unsaturated/α-hetero) is 1. The monoisotopic (exact) mass is 477 g/mol. The van der Waals surface area contributed by atoms with E-state index in [2.05, 4.69) is 15.0 Å². The summed E-state index contributed by atoms with van der Waals surface area (Å²) < 4.78 is 15.9. The van der Waals surface area contributed by atoms with Gasteiger partial charge in [0.05, 0.1) is 17.8 Å². The zero-order valence-electron chi connectivity index (χ0n) is 18.8. The number of aromatic nitrogens is 4. The fourth-order valence-electron chi connectivity index (χ4n) is 4.48. The van der Waals surface area contributed by atoms with Gasteiger partial charge < -0.3 is 4.90 Å². The van der Waals surface area contributed by atoms with Gasteiger partial charge in [-0.1, -0.05) is 41.7 Å². The molecule has 0 radical (unpaired) electrons. The zero-order valence-corrected chi connectivity index (χ0v) is 19.6. The second kappa shape index (κ2) is 9.42. The molecule has 0 spiro atoms. The fourth-order valence-corrected chi connectivity index (χ4v) is 5.49. The van der Waals surface area contributed by atoms with Crippen molar-refractivity contribution in [3.8, 4) is 11.4 Å². The van der Waals surface area contributed by atoms with Crippen LogP contribution in [-0.2, 0) is 17.8 Å². The summed E-state index contributed by atoms with van der Waals surface area (Å²) >= 11 is 1.28. The maximum Gasteiger partial charge on any atom is 0.281 e. The lowest BCUT2D eigenvalue weighted by molar-refractivity contribution is -0.120. The Morgan fingerprint density at radius 1 is 1.21 bits per heavy atom. The molecule has 7 nitrogen and oxygen atoms in total. The average Bonchev–Trinajstić information content (AvgIpc) is 3.51. The standard InChI is InChI=1S/C25H24FN5O2S/c1-2-30-22(17-12-13-27-15-18(17)26)29-23-21(24(30)33)28-25(34-23)31-14-6-9-19(31)20(32)11-10-16-7-4-3-5-8-16/h3-5,7-8,12-13,15,19H,2,6,9-11,14H2,1H3/t19-/m1/s1. The van der Waals surface area contributed by atoms with Gasteiger partial charge in [-0.2, -0.15) is 0 Å². The minimum Gasteiger partial charge on any atom is -0.338 e. The number of aryl methyl sites for hydroxylation is 1. The summed E-state index contributed by atoms with van der Waals surface area (Å²) in [5.74, 6) is -0.101. The number of fused-ring (bicyclic) bond motifs is 1. The lowest BCUT2D eigenvalue weighted by Gasteiger charge is -2.22. The number of ketones is 1. The van der Waals surface area contributed by atoms with E-state index in [1.54, 1.807) is 0 Å². The first kappa shape index (κ1) is 22.3. The third-order valence-corrected chi connectivity index (χ3v) is 7.20. The Kier molecular flexibility index (Phi) is 6.19. The highest BCUT2D eigenvalue weighted by atomic mass is 32.1. The van der Waals surface area contributed by atoms with E-state index in [0.717, 1.165) is 24.6 Å². The summed E-state index contributed by atoms with van der Waals surface area (Å²) in [6.45, 7) is 2.85. The molecule has 0 aliphatic carbocycles. The molecule has 5 rings (SSSR count). The fraction of sp³-hybridized carbons (Fsp3) is 0.320. The van der Waals surface area contributed by atoms with Crippen LogP contribution in [0.3, 0.4) is 0 Å². The van der Waals surface area contributed by atoms with Gasteiger partial charge in [0.2, 0.25) is 0 Å². The molecular formula is C25H24FN5O2S. The Hall–Kier alpha value is -3.46. The highest BCUT2D eigenvalue weighted by Crippen LogP contribution is 2.33. The number of halogens is 1. The van der Waals surface area contributed by atoms with E-state index in [-0.39, 0.29) is 34.3 Å². The normalized spacial score (nSPS) is 15.8. The number of anilines is 1. The highest BCUT2D eigenvalue weighted by molar-refractivity contribution is 7.21. The second-order valence-electron chi connectivity index (χ2n) is 8.29. The van der Waals surface area contributed by atoms with Gasteiger partial charge in [0.1, 0.15) is 5.82 Å². The van der Waals surface area contributed by atoms with E-state index in [9.17, 15) is 14.0 Å². The first-order valence-corrected chi connectivity index (χ1v) is 12.2. The zero-order chi connectivity index (χ0) is 23.7. The molecule has 9 heteroatoms. The number of nitrogens with zero attached hydrogens (tertiary/aromatic N) is 5. The van der Waals surface area contributed by atoms with Crippen LogP contribution in [0, 0.1) is 5.82 Å². The Balaban J connectivity index is 1.47. The van der Waals surface area contributed by atoms with Crippen molar-refractivity contribution < 1.29 is 9.18 Å². The van der Waals surface area contributed by atoms with E-state index in [1.807, 2.05) is 42.2 Å². The number of rotatable bonds is 7. The Morgan fingerprint density at radius 2 is 2.03 bits per heavy atom. The molecule has 0 N–H and O–H groups in total. The van der Waals surface area contributed by atoms with E-state index in [1.165, 1.54) is 28.2 Å². The van der Waals surface area contributed by atoms with Crippen molar-refractivity contribution in [2.75, 3.05) is 11.4 Å². The molecule has 1 saturated heterocycles. The van der Waals surface area contributed by atoms with Gasteiger partial charge >= 0.3 is 0 Å². The molecule has 1 atom stereocenters. The van der Waals surface area contributed by atoms with E-state index in [0.29, 0.717) is 35.9 Å². The Morgan fingerprint density at radius 3 is 2.79 bits per heavy atom. The molecule has 3 aromatic heterocycles. The van der Waals surface area contributed by atoms with Gasteiger partial charge in [0.25, 0.3) is 5.56 Å². The maximum absolute atomic E-state index is 14.4. The topological polar surface area (TPSA) is 81.0 Å². The molecule has 34 heavy (non-hydrogen) atoms. The van der Waals surface area contributed by atoms with Crippen molar-refractivity contribution in [2.24, 2.45) is 0 Å². The van der Waals surface area contributed by atoms with Gasteiger partial charge in [0, 0.05) is 25.7 Å². The van der Waals surface area contributed by atoms with Crippen molar-refractivity contribution >= 4 is 32.6 Å². The SMILES string of the molecule is CCn1c(-c2ccncc2F)nc2sc(N3CCC[C@@H]3C(=O)CCc3ccccc3)nc2c1=O. The molecule has 0 unspecified atom stereocenters. The summed E-state index contributed by atoms with van der Waals surface area (Å²) in [6, 6.07) is 11.2. The van der Waals surface area contributed by atoms with Crippen LogP contribution in [0.2, 0.25) is 0 Å². The van der Waals surface area contributed by atoms with Crippen LogP contribution in [-0.4, -0.2) is 37.9 Å². The number of hydrogen-bond acceptors (Lipinski definition) is 7. The molecule has 1 aliphatic heterocycles. The highest BCUT2D eigenvalue weighted by Gasteiger charge is 2.33. The van der Waals surface area contributed by atoms with Gasteiger partial charge in [-0.3, -0.25) is 19.1 Å². The molecule has 0 bridgehead atoms. The minimum absolute atomic E-state index is 0.180. The Bertz CT molecular complexity index is 1400. The Labute approximate surface area is 199 Å². The van der Waals surface area contributed by atoms with E-state index in [4.69, 9.17) is 0 Å². The second-order valence-corrected chi connectivity index (χ2v) is 9.25. The van der Waals surface area contributed by atoms with Gasteiger partial charge in [0.15, 0.2) is 27.1 Å². The summed E-state index contributed by atoms with van der Waals surface area (Å²) in [5, 5.41) is 0.616. The van der Waals surface area contributed by atoms with Crippen LogP contribution in [0.15, 0.2) is 53.6 Å². The molecule has 0 amide bonds. The van der Waals surface area contributed by atoms with Crippen LogP contribution in [0.4, 0.5) is 9.52 Å². The molecule has 174 valence electrons. The first-order valence-electron chi connectivity index (χ1n) is 11.4. The van der Waals surface area contributed by atoms with Crippen LogP contribution < -0.4 is 10.5 Å². The third kappa shape index (κ3) is 4.11. The van der Waals surface area contributed by atoms with E-state index >= 15 is 0 Å². The minimum atomic E-state index is -0.538. The van der Waals surface area contributed by atoms with E-state index < -0.39 is 5.82 Å².